The number of fused-ring (bicyclic) bond motifs is 4. The Hall–Kier alpha value is -3.14. The lowest BCUT2D eigenvalue weighted by atomic mass is 9.76. The summed E-state index contributed by atoms with van der Waals surface area (Å²) in [5.41, 5.74) is 1.11. The minimum absolute atomic E-state index is 0.163. The monoisotopic (exact) mass is 511 g/mol. The van der Waals surface area contributed by atoms with Gasteiger partial charge >= 0.3 is 0 Å². The minimum atomic E-state index is -1.46. The largest absolute Gasteiger partial charge is 0.504 e. The summed E-state index contributed by atoms with van der Waals surface area (Å²) in [5, 5.41) is 26.4. The van der Waals surface area contributed by atoms with Gasteiger partial charge in [0.1, 0.15) is 5.54 Å². The number of aryl methyl sites for hydroxylation is 1. The Kier molecular flexibility index (Phi) is 5.30. The number of anilines is 1. The average molecular weight is 512 g/mol. The number of benzene rings is 2. The van der Waals surface area contributed by atoms with Crippen molar-refractivity contribution in [1.29, 1.82) is 0 Å². The second kappa shape index (κ2) is 8.19. The van der Waals surface area contributed by atoms with Crippen LogP contribution in [0.15, 0.2) is 30.3 Å². The molecule has 4 N–H and O–H groups in total. The number of carbonyl (C=O) groups excluding carboxylic acids is 3. The first-order chi connectivity index (χ1) is 17.2. The van der Waals surface area contributed by atoms with Gasteiger partial charge < -0.3 is 20.3 Å². The minimum Gasteiger partial charge on any atom is -0.504 e. The molecule has 2 aromatic carbocycles. The summed E-state index contributed by atoms with van der Waals surface area (Å²) in [4.78, 5) is 42.6. The maximum absolute atomic E-state index is 13.9. The van der Waals surface area contributed by atoms with Crippen molar-refractivity contribution in [2.75, 3.05) is 18.5 Å². The molecule has 0 radical (unpaired) electrons. The lowest BCUT2D eigenvalue weighted by Crippen LogP contribution is -2.54. The second-order valence-corrected chi connectivity index (χ2v) is 10.5. The van der Waals surface area contributed by atoms with Crippen LogP contribution in [0.5, 0.6) is 11.5 Å². The third kappa shape index (κ3) is 3.26. The molecule has 9 nitrogen and oxygen atoms in total. The molecule has 0 saturated carbocycles. The van der Waals surface area contributed by atoms with Crippen LogP contribution < -0.4 is 10.6 Å². The molecule has 10 heteroatoms. The lowest BCUT2D eigenvalue weighted by Gasteiger charge is -2.30. The van der Waals surface area contributed by atoms with Gasteiger partial charge in [0.15, 0.2) is 11.5 Å². The number of imide groups is 1. The number of nitrogens with zero attached hydrogens (tertiary/aromatic N) is 1. The molecule has 5 atom stereocenters. The summed E-state index contributed by atoms with van der Waals surface area (Å²) in [6.45, 7) is 2.59. The zero-order valence-corrected chi connectivity index (χ0v) is 20.3. The van der Waals surface area contributed by atoms with Crippen molar-refractivity contribution in [3.8, 4) is 11.5 Å². The van der Waals surface area contributed by atoms with Gasteiger partial charge in [-0.2, -0.15) is 0 Å². The highest BCUT2D eigenvalue weighted by molar-refractivity contribution is 6.31. The Morgan fingerprint density at radius 1 is 1.14 bits per heavy atom. The summed E-state index contributed by atoms with van der Waals surface area (Å²) in [5.74, 6) is -3.42. The molecule has 36 heavy (non-hydrogen) atoms. The molecular formula is C26H26ClN3O6. The van der Waals surface area contributed by atoms with E-state index >= 15 is 0 Å². The number of aromatic hydroxyl groups is 2. The second-order valence-electron chi connectivity index (χ2n) is 10.1. The van der Waals surface area contributed by atoms with Crippen molar-refractivity contribution >= 4 is 35.0 Å². The Bertz CT molecular complexity index is 1310. The van der Waals surface area contributed by atoms with E-state index in [0.717, 1.165) is 18.4 Å². The maximum Gasteiger partial charge on any atom is 0.250 e. The number of hydrogen-bond donors (Lipinski definition) is 4. The van der Waals surface area contributed by atoms with E-state index < -0.39 is 35.2 Å². The van der Waals surface area contributed by atoms with E-state index in [1.54, 1.807) is 18.2 Å². The predicted octanol–water partition coefficient (Wildman–Crippen LogP) is 2.20. The molecular weight excluding hydrogens is 486 g/mol. The van der Waals surface area contributed by atoms with Crippen LogP contribution in [0.3, 0.4) is 0 Å². The summed E-state index contributed by atoms with van der Waals surface area (Å²) >= 11 is 6.39. The van der Waals surface area contributed by atoms with Gasteiger partial charge in [0, 0.05) is 28.9 Å². The highest BCUT2D eigenvalue weighted by Gasteiger charge is 2.70. The van der Waals surface area contributed by atoms with Crippen molar-refractivity contribution in [1.82, 2.24) is 10.2 Å². The SMILES string of the molecule is Cc1cc(Cl)cc2c1NC(=O)[C@@]21N[C@@H](Cc2ccc(O)c(O)c2)[C@@H]2C(=O)N(C[C@@H]3CCCO3)C(=O)[C@@H]21. The first kappa shape index (κ1) is 23.3. The van der Waals surface area contributed by atoms with Crippen LogP contribution in [0.1, 0.15) is 29.5 Å². The number of phenolic OH excluding ortho intramolecular Hbond substituents is 2. The Balaban J connectivity index is 1.45. The van der Waals surface area contributed by atoms with E-state index in [4.69, 9.17) is 16.3 Å². The molecule has 4 aliphatic heterocycles. The fraction of sp³-hybridized carbons (Fsp3) is 0.423. The average Bonchev–Trinajstić information content (AvgIpc) is 3.57. The molecule has 1 spiro atoms. The van der Waals surface area contributed by atoms with Crippen LogP contribution in [-0.4, -0.2) is 58.1 Å². The number of rotatable bonds is 4. The number of halogens is 1. The Morgan fingerprint density at radius 3 is 2.67 bits per heavy atom. The highest BCUT2D eigenvalue weighted by Crippen LogP contribution is 2.54. The standard InChI is InChI=1S/C26H26ClN3O6/c1-12-7-14(27)10-16-22(12)28-25(35)26(16)21-20(17(29-26)8-13-4-5-18(31)19(32)9-13)23(33)30(24(21)34)11-15-3-2-6-36-15/h4-5,7,9-10,15,17,20-21,29,31-32H,2-3,6,8,11H2,1H3,(H,28,35)/t15-,17-,20-,21+,26+/m0/s1. The van der Waals surface area contributed by atoms with Crippen LogP contribution in [-0.2, 0) is 31.1 Å². The number of likely N-dealkylation sites (tertiary alicyclic amines) is 1. The van der Waals surface area contributed by atoms with Gasteiger partial charge in [-0.3, -0.25) is 24.6 Å². The zero-order chi connectivity index (χ0) is 25.4. The van der Waals surface area contributed by atoms with Gasteiger partial charge in [-0.25, -0.2) is 0 Å². The van der Waals surface area contributed by atoms with Crippen molar-refractivity contribution in [2.24, 2.45) is 11.8 Å². The fourth-order valence-corrected chi connectivity index (χ4v) is 6.66. The Labute approximate surface area is 212 Å². The quantitative estimate of drug-likeness (QED) is 0.366. The van der Waals surface area contributed by atoms with Crippen LogP contribution in [0.2, 0.25) is 5.02 Å². The number of nitrogens with one attached hydrogen (secondary N) is 2. The first-order valence-electron chi connectivity index (χ1n) is 12.1. The molecule has 6 rings (SSSR count). The van der Waals surface area contributed by atoms with E-state index in [9.17, 15) is 24.6 Å². The van der Waals surface area contributed by atoms with E-state index in [2.05, 4.69) is 10.6 Å². The van der Waals surface area contributed by atoms with Crippen LogP contribution >= 0.6 is 11.6 Å². The number of phenols is 2. The molecule has 188 valence electrons. The van der Waals surface area contributed by atoms with Gasteiger partial charge in [0.2, 0.25) is 17.7 Å². The van der Waals surface area contributed by atoms with Gasteiger partial charge in [0.25, 0.3) is 0 Å². The number of hydrogen-bond acceptors (Lipinski definition) is 7. The van der Waals surface area contributed by atoms with Crippen molar-refractivity contribution in [3.63, 3.8) is 0 Å². The number of carbonyl (C=O) groups is 3. The molecule has 3 saturated heterocycles. The van der Waals surface area contributed by atoms with Crippen molar-refractivity contribution < 1.29 is 29.3 Å². The van der Waals surface area contributed by atoms with Crippen molar-refractivity contribution in [2.45, 2.75) is 43.9 Å². The number of amides is 3. The number of ether oxygens (including phenoxy) is 1. The van der Waals surface area contributed by atoms with E-state index in [1.165, 1.54) is 17.0 Å². The molecule has 0 bridgehead atoms. The lowest BCUT2D eigenvalue weighted by molar-refractivity contribution is -0.144. The Morgan fingerprint density at radius 2 is 1.94 bits per heavy atom. The molecule has 3 fully saturated rings. The summed E-state index contributed by atoms with van der Waals surface area (Å²) in [7, 11) is 0. The maximum atomic E-state index is 13.9. The predicted molar refractivity (Wildman–Crippen MR) is 130 cm³/mol. The normalized spacial score (nSPS) is 30.8. The first-order valence-corrected chi connectivity index (χ1v) is 12.5. The summed E-state index contributed by atoms with van der Waals surface area (Å²) in [6, 6.07) is 7.28. The smallest absolute Gasteiger partial charge is 0.250 e. The summed E-state index contributed by atoms with van der Waals surface area (Å²) < 4.78 is 5.70. The zero-order valence-electron chi connectivity index (χ0n) is 19.6. The van der Waals surface area contributed by atoms with Crippen LogP contribution in [0.4, 0.5) is 5.69 Å². The van der Waals surface area contributed by atoms with E-state index in [0.29, 0.717) is 28.4 Å². The molecule has 2 aromatic rings. The molecule has 4 aliphatic rings. The highest BCUT2D eigenvalue weighted by atomic mass is 35.5. The molecule has 0 unspecified atom stereocenters. The topological polar surface area (TPSA) is 128 Å². The molecule has 3 amide bonds. The van der Waals surface area contributed by atoms with E-state index in [1.807, 2.05) is 6.92 Å². The van der Waals surface area contributed by atoms with Gasteiger partial charge in [-0.1, -0.05) is 17.7 Å². The third-order valence-corrected chi connectivity index (χ3v) is 8.20. The van der Waals surface area contributed by atoms with Gasteiger partial charge in [-0.05, 0) is 61.6 Å². The fourth-order valence-electron chi connectivity index (χ4n) is 6.39. The molecule has 0 aromatic heterocycles. The third-order valence-electron chi connectivity index (χ3n) is 7.98. The van der Waals surface area contributed by atoms with Crippen molar-refractivity contribution in [3.05, 3.63) is 52.0 Å². The summed E-state index contributed by atoms with van der Waals surface area (Å²) in [6.07, 6.45) is 1.68. The van der Waals surface area contributed by atoms with Gasteiger partial charge in [-0.15, -0.1) is 0 Å². The molecule has 4 heterocycles. The van der Waals surface area contributed by atoms with Gasteiger partial charge in [0.05, 0.1) is 24.5 Å². The van der Waals surface area contributed by atoms with Crippen LogP contribution in [0.25, 0.3) is 0 Å². The molecule has 0 aliphatic carbocycles. The van der Waals surface area contributed by atoms with Crippen LogP contribution in [0, 0.1) is 18.8 Å². The van der Waals surface area contributed by atoms with E-state index in [-0.39, 0.29) is 36.5 Å².